The van der Waals surface area contributed by atoms with Crippen LogP contribution < -0.4 is 0 Å². The Morgan fingerprint density at radius 3 is 2.04 bits per heavy atom. The molecule has 0 saturated carbocycles. The summed E-state index contributed by atoms with van der Waals surface area (Å²) in [6.45, 7) is 0. The van der Waals surface area contributed by atoms with Crippen molar-refractivity contribution in [3.8, 4) is 5.69 Å². The Bertz CT molecular complexity index is 1170. The fraction of sp³-hybridized carbons (Fsp3) is 0. The van der Waals surface area contributed by atoms with E-state index in [2.05, 4.69) is 45.5 Å². The van der Waals surface area contributed by atoms with Crippen LogP contribution in [0.25, 0.3) is 39.1 Å². The number of thiazole rings is 1. The monoisotopic (exact) mass is 354 g/mol. The van der Waals surface area contributed by atoms with Crippen molar-refractivity contribution in [3.63, 3.8) is 0 Å². The third-order valence-electron chi connectivity index (χ3n) is 4.14. The zero-order valence-electron chi connectivity index (χ0n) is 13.8. The largest absolute Gasteiger partial charge is 0.237 e. The molecule has 0 amide bonds. The summed E-state index contributed by atoms with van der Waals surface area (Å²) in [6, 6.07) is 24.2. The lowest BCUT2D eigenvalue weighted by Crippen LogP contribution is -1.97. The lowest BCUT2D eigenvalue weighted by atomic mass is 10.2. The quantitative estimate of drug-likeness (QED) is 0.447. The summed E-state index contributed by atoms with van der Waals surface area (Å²) in [5, 5.41) is 10.0. The van der Waals surface area contributed by atoms with Gasteiger partial charge in [0, 0.05) is 0 Å². The van der Waals surface area contributed by atoms with Crippen molar-refractivity contribution in [2.75, 3.05) is 0 Å². The maximum atomic E-state index is 4.62. The first-order valence-corrected chi connectivity index (χ1v) is 9.13. The summed E-state index contributed by atoms with van der Waals surface area (Å²) in [5.74, 6) is 0. The zero-order chi connectivity index (χ0) is 17.3. The Kier molecular flexibility index (Phi) is 3.57. The van der Waals surface area contributed by atoms with Gasteiger partial charge in [0.25, 0.3) is 0 Å². The maximum absolute atomic E-state index is 4.62. The van der Waals surface area contributed by atoms with E-state index in [0.717, 1.165) is 32.8 Å². The van der Waals surface area contributed by atoms with E-state index in [1.807, 2.05) is 54.6 Å². The second kappa shape index (κ2) is 6.20. The Morgan fingerprint density at radius 2 is 1.35 bits per heavy atom. The lowest BCUT2D eigenvalue weighted by molar-refractivity contribution is 0.765. The van der Waals surface area contributed by atoms with Crippen molar-refractivity contribution < 1.29 is 0 Å². The van der Waals surface area contributed by atoms with Crippen molar-refractivity contribution in [1.29, 1.82) is 0 Å². The molecule has 0 bridgehead atoms. The van der Waals surface area contributed by atoms with Gasteiger partial charge in [-0.1, -0.05) is 42.5 Å². The van der Waals surface area contributed by atoms with E-state index < -0.39 is 0 Å². The predicted octanol–water partition coefficient (Wildman–Crippen LogP) is 5.20. The van der Waals surface area contributed by atoms with Crippen LogP contribution in [-0.4, -0.2) is 20.0 Å². The third-order valence-corrected chi connectivity index (χ3v) is 5.14. The van der Waals surface area contributed by atoms with E-state index in [-0.39, 0.29) is 0 Å². The summed E-state index contributed by atoms with van der Waals surface area (Å²) >= 11 is 1.70. The molecule has 2 aromatic heterocycles. The topological polar surface area (TPSA) is 43.6 Å². The molecule has 0 aliphatic rings. The fourth-order valence-electron chi connectivity index (χ4n) is 2.82. The molecule has 4 nitrogen and oxygen atoms in total. The van der Waals surface area contributed by atoms with Crippen LogP contribution in [0.4, 0.5) is 0 Å². The van der Waals surface area contributed by atoms with Crippen molar-refractivity contribution >= 4 is 44.7 Å². The smallest absolute Gasteiger partial charge is 0.117 e. The number of benzene rings is 3. The standard InChI is InChI=1S/C21H14N4S/c1-2-6-18-17(5-1)23-25(24-18)16-12-9-15(10-13-16)11-14-21-22-19-7-3-4-8-20(19)26-21/h1-14H/b14-11+. The molecule has 0 saturated heterocycles. The van der Waals surface area contributed by atoms with Gasteiger partial charge in [0.1, 0.15) is 16.0 Å². The second-order valence-electron chi connectivity index (χ2n) is 5.92. The summed E-state index contributed by atoms with van der Waals surface area (Å²) in [4.78, 5) is 6.30. The summed E-state index contributed by atoms with van der Waals surface area (Å²) in [7, 11) is 0. The number of aromatic nitrogens is 4. The van der Waals surface area contributed by atoms with Gasteiger partial charge in [-0.2, -0.15) is 4.80 Å². The average molecular weight is 354 g/mol. The van der Waals surface area contributed by atoms with Crippen LogP contribution in [0.1, 0.15) is 10.6 Å². The van der Waals surface area contributed by atoms with Gasteiger partial charge in [0.15, 0.2) is 0 Å². The maximum Gasteiger partial charge on any atom is 0.117 e. The molecule has 0 spiro atoms. The Hall–Kier alpha value is -3.31. The first-order chi connectivity index (χ1) is 12.8. The molecule has 0 unspecified atom stereocenters. The van der Waals surface area contributed by atoms with Crippen LogP contribution in [-0.2, 0) is 0 Å². The molecule has 5 rings (SSSR count). The van der Waals surface area contributed by atoms with Gasteiger partial charge in [-0.25, -0.2) is 4.98 Å². The normalized spacial score (nSPS) is 11.7. The van der Waals surface area contributed by atoms with E-state index in [9.17, 15) is 0 Å². The molecule has 0 atom stereocenters. The number of hydrogen-bond donors (Lipinski definition) is 0. The molecule has 0 aliphatic carbocycles. The molecule has 2 heterocycles. The van der Waals surface area contributed by atoms with Gasteiger partial charge in [-0.3, -0.25) is 0 Å². The van der Waals surface area contributed by atoms with Crippen molar-refractivity contribution in [1.82, 2.24) is 20.0 Å². The first kappa shape index (κ1) is 15.0. The summed E-state index contributed by atoms with van der Waals surface area (Å²) < 4.78 is 1.21. The molecule has 0 aliphatic heterocycles. The van der Waals surface area contributed by atoms with E-state index >= 15 is 0 Å². The number of hydrogen-bond acceptors (Lipinski definition) is 4. The minimum Gasteiger partial charge on any atom is -0.237 e. The van der Waals surface area contributed by atoms with E-state index in [0.29, 0.717) is 0 Å². The average Bonchev–Trinajstić information content (AvgIpc) is 3.30. The molecule has 3 aromatic carbocycles. The molecular formula is C21H14N4S. The van der Waals surface area contributed by atoms with Crippen LogP contribution in [0.15, 0.2) is 72.8 Å². The third kappa shape index (κ3) is 2.78. The molecule has 5 aromatic rings. The van der Waals surface area contributed by atoms with Gasteiger partial charge in [-0.05, 0) is 48.0 Å². The highest BCUT2D eigenvalue weighted by molar-refractivity contribution is 7.19. The van der Waals surface area contributed by atoms with Gasteiger partial charge in [0.05, 0.1) is 15.9 Å². The Balaban J connectivity index is 1.40. The second-order valence-corrected chi connectivity index (χ2v) is 6.99. The molecular weight excluding hydrogens is 340 g/mol. The minimum atomic E-state index is 0.896. The highest BCUT2D eigenvalue weighted by atomic mass is 32.1. The first-order valence-electron chi connectivity index (χ1n) is 8.31. The van der Waals surface area contributed by atoms with Crippen molar-refractivity contribution in [3.05, 3.63) is 83.4 Å². The number of para-hydroxylation sites is 1. The Labute approximate surface area is 154 Å². The SMILES string of the molecule is C(=C\c1nc2ccccc2s1)/c1ccc(-n2nc3ccccc3n2)cc1. The number of rotatable bonds is 3. The highest BCUT2D eigenvalue weighted by Gasteiger charge is 2.03. The van der Waals surface area contributed by atoms with E-state index in [1.54, 1.807) is 16.1 Å². The van der Waals surface area contributed by atoms with Crippen molar-refractivity contribution in [2.45, 2.75) is 0 Å². The summed E-state index contributed by atoms with van der Waals surface area (Å²) in [5.41, 5.74) is 4.90. The minimum absolute atomic E-state index is 0.896. The van der Waals surface area contributed by atoms with E-state index in [4.69, 9.17) is 0 Å². The molecule has 0 fully saturated rings. The molecule has 124 valence electrons. The fourth-order valence-corrected chi connectivity index (χ4v) is 3.69. The van der Waals surface area contributed by atoms with Gasteiger partial charge in [-0.15, -0.1) is 21.5 Å². The highest BCUT2D eigenvalue weighted by Crippen LogP contribution is 2.23. The Morgan fingerprint density at radius 1 is 0.692 bits per heavy atom. The van der Waals surface area contributed by atoms with Crippen LogP contribution in [0.5, 0.6) is 0 Å². The molecule has 0 N–H and O–H groups in total. The van der Waals surface area contributed by atoms with Crippen molar-refractivity contribution in [2.24, 2.45) is 0 Å². The predicted molar refractivity (Wildman–Crippen MR) is 107 cm³/mol. The molecule has 0 radical (unpaired) electrons. The van der Waals surface area contributed by atoms with Crippen LogP contribution >= 0.6 is 11.3 Å². The van der Waals surface area contributed by atoms with Crippen LogP contribution in [0.3, 0.4) is 0 Å². The number of fused-ring (bicyclic) bond motifs is 2. The van der Waals surface area contributed by atoms with Gasteiger partial charge >= 0.3 is 0 Å². The van der Waals surface area contributed by atoms with Gasteiger partial charge < -0.3 is 0 Å². The lowest BCUT2D eigenvalue weighted by Gasteiger charge is -1.99. The van der Waals surface area contributed by atoms with Gasteiger partial charge in [0.2, 0.25) is 0 Å². The summed E-state index contributed by atoms with van der Waals surface area (Å²) in [6.07, 6.45) is 4.13. The molecule has 5 heteroatoms. The number of nitrogens with zero attached hydrogens (tertiary/aromatic N) is 4. The molecule has 26 heavy (non-hydrogen) atoms. The van der Waals surface area contributed by atoms with Crippen LogP contribution in [0.2, 0.25) is 0 Å². The zero-order valence-corrected chi connectivity index (χ0v) is 14.6. The van der Waals surface area contributed by atoms with Crippen LogP contribution in [0, 0.1) is 0 Å². The van der Waals surface area contributed by atoms with E-state index in [1.165, 1.54) is 4.70 Å².